The SMILES string of the molecule is CNc1nc(OC)nc(Oc2ccc([N+](=O)[O-])cc2F)n1. The summed E-state index contributed by atoms with van der Waals surface area (Å²) < 4.78 is 23.7. The van der Waals surface area contributed by atoms with Crippen molar-refractivity contribution in [2.75, 3.05) is 19.5 Å². The number of aromatic nitrogens is 3. The summed E-state index contributed by atoms with van der Waals surface area (Å²) in [5.41, 5.74) is -0.385. The highest BCUT2D eigenvalue weighted by Crippen LogP contribution is 2.26. The summed E-state index contributed by atoms with van der Waals surface area (Å²) in [4.78, 5) is 21.3. The van der Waals surface area contributed by atoms with Gasteiger partial charge in [-0.1, -0.05) is 0 Å². The molecule has 0 fully saturated rings. The molecule has 21 heavy (non-hydrogen) atoms. The average molecular weight is 295 g/mol. The summed E-state index contributed by atoms with van der Waals surface area (Å²) >= 11 is 0. The van der Waals surface area contributed by atoms with Gasteiger partial charge in [-0.05, 0) is 6.07 Å². The van der Waals surface area contributed by atoms with Crippen molar-refractivity contribution in [3.63, 3.8) is 0 Å². The topological polar surface area (TPSA) is 112 Å². The van der Waals surface area contributed by atoms with Crippen LogP contribution in [0.1, 0.15) is 0 Å². The molecule has 9 nitrogen and oxygen atoms in total. The van der Waals surface area contributed by atoms with Gasteiger partial charge < -0.3 is 14.8 Å². The van der Waals surface area contributed by atoms with Crippen LogP contribution in [0.25, 0.3) is 0 Å². The van der Waals surface area contributed by atoms with Crippen molar-refractivity contribution in [2.24, 2.45) is 0 Å². The van der Waals surface area contributed by atoms with Gasteiger partial charge in [-0.25, -0.2) is 4.39 Å². The van der Waals surface area contributed by atoms with Crippen molar-refractivity contribution in [1.82, 2.24) is 15.0 Å². The Bertz CT molecular complexity index is 659. The molecule has 1 aromatic carbocycles. The maximum Gasteiger partial charge on any atom is 0.330 e. The zero-order valence-corrected chi connectivity index (χ0v) is 11.0. The van der Waals surface area contributed by atoms with Crippen LogP contribution in [-0.2, 0) is 0 Å². The molecule has 2 aromatic rings. The Morgan fingerprint density at radius 2 is 2.00 bits per heavy atom. The molecule has 0 saturated heterocycles. The second kappa shape index (κ2) is 5.94. The second-order valence-electron chi connectivity index (χ2n) is 3.65. The number of nitro benzene ring substituents is 1. The third-order valence-corrected chi connectivity index (χ3v) is 2.33. The predicted octanol–water partition coefficient (Wildman–Crippen LogP) is 1.76. The fourth-order valence-electron chi connectivity index (χ4n) is 1.37. The number of methoxy groups -OCH3 is 1. The van der Waals surface area contributed by atoms with E-state index in [0.29, 0.717) is 0 Å². The maximum atomic E-state index is 13.7. The molecule has 0 spiro atoms. The van der Waals surface area contributed by atoms with Crippen molar-refractivity contribution in [3.8, 4) is 17.8 Å². The highest BCUT2D eigenvalue weighted by atomic mass is 19.1. The lowest BCUT2D eigenvalue weighted by Crippen LogP contribution is -2.04. The molecule has 1 aromatic heterocycles. The highest BCUT2D eigenvalue weighted by molar-refractivity contribution is 5.39. The molecule has 10 heteroatoms. The van der Waals surface area contributed by atoms with Gasteiger partial charge in [-0.15, -0.1) is 4.98 Å². The number of hydrogen-bond acceptors (Lipinski definition) is 8. The molecule has 110 valence electrons. The van der Waals surface area contributed by atoms with Crippen LogP contribution in [0.3, 0.4) is 0 Å². The molecule has 1 N–H and O–H groups in total. The largest absolute Gasteiger partial charge is 0.467 e. The van der Waals surface area contributed by atoms with Gasteiger partial charge in [0.1, 0.15) is 0 Å². The van der Waals surface area contributed by atoms with Crippen LogP contribution in [0.5, 0.6) is 17.8 Å². The number of benzene rings is 1. The van der Waals surface area contributed by atoms with Gasteiger partial charge in [0.2, 0.25) is 5.95 Å². The van der Waals surface area contributed by atoms with Crippen LogP contribution in [0.15, 0.2) is 18.2 Å². The summed E-state index contributed by atoms with van der Waals surface area (Å²) in [7, 11) is 2.93. The monoisotopic (exact) mass is 295 g/mol. The molecular weight excluding hydrogens is 285 g/mol. The predicted molar refractivity (Wildman–Crippen MR) is 69.1 cm³/mol. The Labute approximate surface area is 117 Å². The number of nitro groups is 1. The van der Waals surface area contributed by atoms with E-state index in [4.69, 9.17) is 9.47 Å². The first-order valence-corrected chi connectivity index (χ1v) is 5.63. The van der Waals surface area contributed by atoms with E-state index in [9.17, 15) is 14.5 Å². The van der Waals surface area contributed by atoms with E-state index >= 15 is 0 Å². The zero-order chi connectivity index (χ0) is 15.4. The first-order chi connectivity index (χ1) is 10.0. The maximum absolute atomic E-state index is 13.7. The molecular formula is C11H10FN5O4. The second-order valence-corrected chi connectivity index (χ2v) is 3.65. The van der Waals surface area contributed by atoms with Gasteiger partial charge in [0.25, 0.3) is 5.69 Å². The Morgan fingerprint density at radius 1 is 1.29 bits per heavy atom. The Kier molecular flexibility index (Phi) is 4.07. The standard InChI is InChI=1S/C11H10FN5O4/c1-13-9-14-10(20-2)16-11(15-9)21-8-4-3-6(17(18)19)5-7(8)12/h3-5H,1-2H3,(H,13,14,15,16). The quantitative estimate of drug-likeness (QED) is 0.655. The van der Waals surface area contributed by atoms with Crippen LogP contribution < -0.4 is 14.8 Å². The van der Waals surface area contributed by atoms with Gasteiger partial charge in [0, 0.05) is 13.1 Å². The molecule has 0 atom stereocenters. The van der Waals surface area contributed by atoms with Crippen molar-refractivity contribution >= 4 is 11.6 Å². The van der Waals surface area contributed by atoms with Crippen LogP contribution in [0, 0.1) is 15.9 Å². The van der Waals surface area contributed by atoms with Gasteiger partial charge in [0.15, 0.2) is 11.6 Å². The summed E-state index contributed by atoms with van der Waals surface area (Å²) in [6.07, 6.45) is 0. The molecule has 0 aliphatic heterocycles. The fraction of sp³-hybridized carbons (Fsp3) is 0.182. The number of non-ortho nitro benzene ring substituents is 1. The molecule has 0 radical (unpaired) electrons. The Morgan fingerprint density at radius 3 is 2.57 bits per heavy atom. The number of nitrogens with zero attached hydrogens (tertiary/aromatic N) is 4. The van der Waals surface area contributed by atoms with E-state index in [1.165, 1.54) is 7.11 Å². The summed E-state index contributed by atoms with van der Waals surface area (Å²) in [5, 5.41) is 13.2. The van der Waals surface area contributed by atoms with Gasteiger partial charge in [0.05, 0.1) is 18.1 Å². The average Bonchev–Trinajstić information content (AvgIpc) is 2.48. The van der Waals surface area contributed by atoms with Gasteiger partial charge in [-0.2, -0.15) is 9.97 Å². The lowest BCUT2D eigenvalue weighted by molar-refractivity contribution is -0.385. The molecule has 1 heterocycles. The molecule has 0 unspecified atom stereocenters. The van der Waals surface area contributed by atoms with E-state index in [1.54, 1.807) is 7.05 Å². The minimum absolute atomic E-state index is 0.0216. The minimum Gasteiger partial charge on any atom is -0.467 e. The molecule has 2 rings (SSSR count). The number of rotatable bonds is 5. The fourth-order valence-corrected chi connectivity index (χ4v) is 1.37. The normalized spacial score (nSPS) is 10.0. The minimum atomic E-state index is -0.908. The molecule has 0 amide bonds. The van der Waals surface area contributed by atoms with E-state index in [2.05, 4.69) is 20.3 Å². The van der Waals surface area contributed by atoms with Crippen molar-refractivity contribution < 1.29 is 18.8 Å². The number of ether oxygens (including phenoxy) is 2. The molecule has 0 aliphatic carbocycles. The first-order valence-electron chi connectivity index (χ1n) is 5.63. The zero-order valence-electron chi connectivity index (χ0n) is 11.0. The van der Waals surface area contributed by atoms with Gasteiger partial charge in [-0.3, -0.25) is 10.1 Å². The van der Waals surface area contributed by atoms with E-state index < -0.39 is 10.7 Å². The smallest absolute Gasteiger partial charge is 0.330 e. The molecule has 0 aliphatic rings. The third kappa shape index (κ3) is 3.29. The Hall–Kier alpha value is -3.04. The van der Waals surface area contributed by atoms with Crippen molar-refractivity contribution in [1.29, 1.82) is 0 Å². The van der Waals surface area contributed by atoms with Crippen molar-refractivity contribution in [2.45, 2.75) is 0 Å². The summed E-state index contributed by atoms with van der Waals surface area (Å²) in [5.74, 6) is -0.996. The lowest BCUT2D eigenvalue weighted by atomic mass is 10.3. The van der Waals surface area contributed by atoms with Crippen molar-refractivity contribution in [3.05, 3.63) is 34.1 Å². The summed E-state index contributed by atoms with van der Waals surface area (Å²) in [6, 6.07) is 2.73. The van der Waals surface area contributed by atoms with Crippen LogP contribution >= 0.6 is 0 Å². The van der Waals surface area contributed by atoms with E-state index in [-0.39, 0.29) is 29.4 Å². The number of nitrogens with one attached hydrogen (secondary N) is 1. The van der Waals surface area contributed by atoms with E-state index in [0.717, 1.165) is 18.2 Å². The van der Waals surface area contributed by atoms with Crippen LogP contribution in [0.2, 0.25) is 0 Å². The van der Waals surface area contributed by atoms with E-state index in [1.807, 2.05) is 0 Å². The van der Waals surface area contributed by atoms with Crippen LogP contribution in [-0.4, -0.2) is 34.0 Å². The highest BCUT2D eigenvalue weighted by Gasteiger charge is 2.14. The number of halogens is 1. The molecule has 0 bridgehead atoms. The number of hydrogen-bond donors (Lipinski definition) is 1. The first kappa shape index (κ1) is 14.4. The lowest BCUT2D eigenvalue weighted by Gasteiger charge is -2.07. The number of anilines is 1. The Balaban J connectivity index is 2.31. The summed E-state index contributed by atoms with van der Waals surface area (Å²) in [6.45, 7) is 0. The molecule has 0 saturated carbocycles. The van der Waals surface area contributed by atoms with Gasteiger partial charge >= 0.3 is 12.0 Å². The third-order valence-electron chi connectivity index (χ3n) is 2.33. The van der Waals surface area contributed by atoms with Crippen LogP contribution in [0.4, 0.5) is 16.0 Å².